The van der Waals surface area contributed by atoms with Crippen molar-refractivity contribution in [2.45, 2.75) is 78.1 Å². The van der Waals surface area contributed by atoms with Gasteiger partial charge in [-0.2, -0.15) is 0 Å². The summed E-state index contributed by atoms with van der Waals surface area (Å²) in [5.74, 6) is 3.77. The monoisotopic (exact) mass is 380 g/mol. The Morgan fingerprint density at radius 3 is 2.07 bits per heavy atom. The van der Waals surface area contributed by atoms with Crippen molar-refractivity contribution in [2.75, 3.05) is 6.61 Å². The van der Waals surface area contributed by atoms with E-state index in [1.54, 1.807) is 0 Å². The fraction of sp³-hybridized carbons (Fsp3) is 0.600. The summed E-state index contributed by atoms with van der Waals surface area (Å²) in [5.41, 5.74) is 2.21. The molecule has 1 aliphatic carbocycles. The van der Waals surface area contributed by atoms with Crippen LogP contribution in [0.1, 0.15) is 77.5 Å². The van der Waals surface area contributed by atoms with Crippen molar-refractivity contribution in [1.29, 1.82) is 0 Å². The van der Waals surface area contributed by atoms with E-state index in [1.165, 1.54) is 51.4 Å². The highest BCUT2D eigenvalue weighted by Crippen LogP contribution is 2.34. The molecular formula is C25H36N2O. The lowest BCUT2D eigenvalue weighted by atomic mass is 9.78. The first-order chi connectivity index (χ1) is 13.8. The summed E-state index contributed by atoms with van der Waals surface area (Å²) < 4.78 is 5.65. The van der Waals surface area contributed by atoms with Gasteiger partial charge in [0.1, 0.15) is 11.6 Å². The van der Waals surface area contributed by atoms with Crippen LogP contribution >= 0.6 is 0 Å². The second-order valence-corrected chi connectivity index (χ2v) is 8.33. The summed E-state index contributed by atoms with van der Waals surface area (Å²) in [5, 5.41) is 0. The third kappa shape index (κ3) is 6.32. The van der Waals surface area contributed by atoms with Crippen molar-refractivity contribution in [2.24, 2.45) is 11.8 Å². The van der Waals surface area contributed by atoms with Gasteiger partial charge in [0.15, 0.2) is 0 Å². The molecule has 1 fully saturated rings. The number of hydrogen-bond acceptors (Lipinski definition) is 3. The molecule has 0 saturated heterocycles. The molecule has 1 aromatic heterocycles. The Morgan fingerprint density at radius 1 is 0.821 bits per heavy atom. The van der Waals surface area contributed by atoms with Crippen molar-refractivity contribution in [3.05, 3.63) is 42.5 Å². The van der Waals surface area contributed by atoms with Crippen LogP contribution in [-0.4, -0.2) is 16.6 Å². The molecule has 1 saturated carbocycles. The molecule has 0 atom stereocenters. The summed E-state index contributed by atoms with van der Waals surface area (Å²) >= 11 is 0. The molecule has 1 heterocycles. The Kier molecular flexibility index (Phi) is 8.32. The Balaban J connectivity index is 1.44. The fourth-order valence-corrected chi connectivity index (χ4v) is 4.23. The van der Waals surface area contributed by atoms with E-state index in [0.717, 1.165) is 54.0 Å². The molecule has 3 nitrogen and oxygen atoms in total. The highest BCUT2D eigenvalue weighted by atomic mass is 16.5. The number of rotatable bonds is 10. The van der Waals surface area contributed by atoms with Crippen molar-refractivity contribution < 1.29 is 4.74 Å². The van der Waals surface area contributed by atoms with Crippen LogP contribution in [0.4, 0.5) is 0 Å². The van der Waals surface area contributed by atoms with Gasteiger partial charge in [0.25, 0.3) is 0 Å². The van der Waals surface area contributed by atoms with Crippen LogP contribution in [0.25, 0.3) is 11.1 Å². The lowest BCUT2D eigenvalue weighted by Crippen LogP contribution is -2.15. The second kappa shape index (κ2) is 11.2. The van der Waals surface area contributed by atoms with Crippen molar-refractivity contribution in [3.8, 4) is 16.9 Å². The number of benzene rings is 1. The van der Waals surface area contributed by atoms with Gasteiger partial charge >= 0.3 is 0 Å². The first kappa shape index (κ1) is 20.8. The lowest BCUT2D eigenvalue weighted by molar-refractivity contribution is 0.249. The molecule has 0 unspecified atom stereocenters. The zero-order valence-electron chi connectivity index (χ0n) is 17.7. The molecule has 0 bridgehead atoms. The number of unbranched alkanes of at least 4 members (excludes halogenated alkanes) is 1. The average molecular weight is 381 g/mol. The average Bonchev–Trinajstić information content (AvgIpc) is 2.76. The van der Waals surface area contributed by atoms with Gasteiger partial charge in [0.05, 0.1) is 6.61 Å². The summed E-state index contributed by atoms with van der Waals surface area (Å²) in [6.45, 7) is 5.18. The predicted octanol–water partition coefficient (Wildman–Crippen LogP) is 6.86. The number of aromatic nitrogens is 2. The van der Waals surface area contributed by atoms with E-state index in [0.29, 0.717) is 0 Å². The van der Waals surface area contributed by atoms with Gasteiger partial charge in [0, 0.05) is 24.4 Å². The highest BCUT2D eigenvalue weighted by Gasteiger charge is 2.20. The van der Waals surface area contributed by atoms with Crippen molar-refractivity contribution >= 4 is 0 Å². The van der Waals surface area contributed by atoms with E-state index in [9.17, 15) is 0 Å². The first-order valence-corrected chi connectivity index (χ1v) is 11.3. The summed E-state index contributed by atoms with van der Waals surface area (Å²) in [4.78, 5) is 9.25. The molecule has 152 valence electrons. The third-order valence-electron chi connectivity index (χ3n) is 6.07. The minimum absolute atomic E-state index is 0.761. The van der Waals surface area contributed by atoms with E-state index < -0.39 is 0 Å². The molecule has 0 spiro atoms. The Labute approximate surface area is 171 Å². The minimum Gasteiger partial charge on any atom is -0.494 e. The number of nitrogens with zero attached hydrogens (tertiary/aromatic N) is 2. The van der Waals surface area contributed by atoms with Crippen LogP contribution in [-0.2, 0) is 6.42 Å². The summed E-state index contributed by atoms with van der Waals surface area (Å²) in [6, 6.07) is 8.21. The lowest BCUT2D eigenvalue weighted by Gasteiger charge is -2.28. The van der Waals surface area contributed by atoms with Gasteiger partial charge in [-0.05, 0) is 42.4 Å². The normalized spacial score (nSPS) is 19.5. The van der Waals surface area contributed by atoms with Gasteiger partial charge in [-0.15, -0.1) is 0 Å². The zero-order chi connectivity index (χ0) is 19.6. The molecule has 0 N–H and O–H groups in total. The molecule has 1 aliphatic rings. The molecule has 1 aromatic carbocycles. The SMILES string of the molecule is CCCC[C@H]1CC[C@H](CCc2ncc(-c3ccc(OCCC)cc3)cn2)CC1. The van der Waals surface area contributed by atoms with Crippen molar-refractivity contribution in [3.63, 3.8) is 0 Å². The smallest absolute Gasteiger partial charge is 0.128 e. The molecule has 3 rings (SSSR count). The molecule has 0 radical (unpaired) electrons. The third-order valence-corrected chi connectivity index (χ3v) is 6.07. The van der Waals surface area contributed by atoms with E-state index in [-0.39, 0.29) is 0 Å². The standard InChI is InChI=1S/C25H36N2O/c1-3-5-6-20-7-9-21(10-8-20)11-16-25-26-18-23(19-27-25)22-12-14-24(15-13-22)28-17-4-2/h12-15,18-21H,3-11,16-17H2,1-2H3/t20-,21-. The van der Waals surface area contributed by atoms with Crippen LogP contribution in [0.5, 0.6) is 5.75 Å². The minimum atomic E-state index is 0.761. The second-order valence-electron chi connectivity index (χ2n) is 8.33. The maximum Gasteiger partial charge on any atom is 0.128 e. The van der Waals surface area contributed by atoms with E-state index >= 15 is 0 Å². The van der Waals surface area contributed by atoms with Crippen molar-refractivity contribution in [1.82, 2.24) is 9.97 Å². The van der Waals surface area contributed by atoms with Gasteiger partial charge in [-0.1, -0.05) is 70.9 Å². The predicted molar refractivity (Wildman–Crippen MR) is 117 cm³/mol. The molecule has 28 heavy (non-hydrogen) atoms. The van der Waals surface area contributed by atoms with Crippen LogP contribution in [0.15, 0.2) is 36.7 Å². The molecule has 0 amide bonds. The van der Waals surface area contributed by atoms with Gasteiger partial charge < -0.3 is 4.74 Å². The first-order valence-electron chi connectivity index (χ1n) is 11.3. The van der Waals surface area contributed by atoms with E-state index in [1.807, 2.05) is 24.5 Å². The molecular weight excluding hydrogens is 344 g/mol. The van der Waals surface area contributed by atoms with Gasteiger partial charge in [-0.25, -0.2) is 9.97 Å². The molecule has 3 heteroatoms. The van der Waals surface area contributed by atoms with Crippen LogP contribution in [0.2, 0.25) is 0 Å². The van der Waals surface area contributed by atoms with Crippen LogP contribution in [0, 0.1) is 11.8 Å². The summed E-state index contributed by atoms with van der Waals surface area (Å²) in [7, 11) is 0. The number of ether oxygens (including phenoxy) is 1. The molecule has 0 aliphatic heterocycles. The Hall–Kier alpha value is -1.90. The van der Waals surface area contributed by atoms with Gasteiger partial charge in [0.2, 0.25) is 0 Å². The largest absolute Gasteiger partial charge is 0.494 e. The number of aryl methyl sites for hydroxylation is 1. The Bertz CT molecular complexity index is 673. The Morgan fingerprint density at radius 2 is 1.46 bits per heavy atom. The molecule has 2 aromatic rings. The van der Waals surface area contributed by atoms with E-state index in [4.69, 9.17) is 4.74 Å². The van der Waals surface area contributed by atoms with Crippen LogP contribution in [0.3, 0.4) is 0 Å². The maximum absolute atomic E-state index is 5.65. The quantitative estimate of drug-likeness (QED) is 0.451. The zero-order valence-corrected chi connectivity index (χ0v) is 17.7. The topological polar surface area (TPSA) is 35.0 Å². The van der Waals surface area contributed by atoms with Crippen LogP contribution < -0.4 is 4.74 Å². The highest BCUT2D eigenvalue weighted by molar-refractivity contribution is 5.62. The number of hydrogen-bond donors (Lipinski definition) is 0. The maximum atomic E-state index is 5.65. The van der Waals surface area contributed by atoms with E-state index in [2.05, 4.69) is 35.9 Å². The fourth-order valence-electron chi connectivity index (χ4n) is 4.23. The summed E-state index contributed by atoms with van der Waals surface area (Å²) in [6.07, 6.45) is 17.1. The van der Waals surface area contributed by atoms with Gasteiger partial charge in [-0.3, -0.25) is 0 Å².